The van der Waals surface area contributed by atoms with Gasteiger partial charge in [0.05, 0.1) is 30.7 Å². The highest BCUT2D eigenvalue weighted by molar-refractivity contribution is 9.10. The Bertz CT molecular complexity index is 1250. The van der Waals surface area contributed by atoms with E-state index in [0.29, 0.717) is 41.2 Å². The number of hydrogen-bond donors (Lipinski definition) is 1. The summed E-state index contributed by atoms with van der Waals surface area (Å²) in [6, 6.07) is 8.05. The number of hydrogen-bond acceptors (Lipinski definition) is 5. The molecule has 29 heavy (non-hydrogen) atoms. The third kappa shape index (κ3) is 3.29. The first-order valence-electron chi connectivity index (χ1n) is 8.83. The molecule has 2 aromatic carbocycles. The van der Waals surface area contributed by atoms with Gasteiger partial charge >= 0.3 is 5.97 Å². The number of allylic oxidation sites excluding steroid dienone is 1. The molecular weight excluding hydrogens is 440 g/mol. The predicted octanol–water partition coefficient (Wildman–Crippen LogP) is 3.82. The van der Waals surface area contributed by atoms with E-state index < -0.39 is 5.97 Å². The lowest BCUT2D eigenvalue weighted by molar-refractivity contribution is 0.0697. The van der Waals surface area contributed by atoms with Crippen molar-refractivity contribution in [2.75, 3.05) is 14.2 Å². The van der Waals surface area contributed by atoms with Gasteiger partial charge in [0, 0.05) is 11.0 Å². The van der Waals surface area contributed by atoms with Crippen LogP contribution in [0.5, 0.6) is 11.5 Å². The summed E-state index contributed by atoms with van der Waals surface area (Å²) in [5.41, 5.74) is 2.05. The quantitative estimate of drug-likeness (QED) is 0.641. The van der Waals surface area contributed by atoms with Gasteiger partial charge in [-0.2, -0.15) is 0 Å². The van der Waals surface area contributed by atoms with Crippen LogP contribution in [0.2, 0.25) is 0 Å². The van der Waals surface area contributed by atoms with Gasteiger partial charge in [-0.1, -0.05) is 15.9 Å². The molecule has 0 aliphatic carbocycles. The molecule has 1 aliphatic rings. The summed E-state index contributed by atoms with van der Waals surface area (Å²) >= 11 is 3.54. The lowest BCUT2D eigenvalue weighted by Gasteiger charge is -2.11. The molecule has 0 amide bonds. The average molecular weight is 457 g/mol. The van der Waals surface area contributed by atoms with Crippen molar-refractivity contribution in [3.8, 4) is 11.5 Å². The molecule has 0 atom stereocenters. The van der Waals surface area contributed by atoms with E-state index in [1.54, 1.807) is 18.8 Å². The predicted molar refractivity (Wildman–Crippen MR) is 113 cm³/mol. The maximum atomic E-state index is 12.9. The van der Waals surface area contributed by atoms with Gasteiger partial charge in [-0.05, 0) is 54.0 Å². The first-order chi connectivity index (χ1) is 13.9. The van der Waals surface area contributed by atoms with Crippen LogP contribution in [0.25, 0.3) is 22.6 Å². The fraction of sp³-hybridized carbons (Fsp3) is 0.190. The van der Waals surface area contributed by atoms with E-state index in [1.165, 1.54) is 18.2 Å². The second-order valence-corrected chi connectivity index (χ2v) is 7.43. The van der Waals surface area contributed by atoms with Crippen molar-refractivity contribution in [3.63, 3.8) is 0 Å². The molecular formula is C21H17BrN2O5. The van der Waals surface area contributed by atoms with Crippen molar-refractivity contribution in [3.05, 3.63) is 62.1 Å². The van der Waals surface area contributed by atoms with Gasteiger partial charge in [-0.15, -0.1) is 0 Å². The number of halogens is 1. The molecule has 2 heterocycles. The number of carbonyl (C=O) groups is 1. The maximum Gasteiger partial charge on any atom is 0.335 e. The van der Waals surface area contributed by atoms with Gasteiger partial charge in [0.15, 0.2) is 11.5 Å². The number of aromatic nitrogens is 2. The van der Waals surface area contributed by atoms with Gasteiger partial charge in [0.1, 0.15) is 5.82 Å². The third-order valence-corrected chi connectivity index (χ3v) is 5.61. The molecule has 0 saturated heterocycles. The van der Waals surface area contributed by atoms with Crippen molar-refractivity contribution in [2.45, 2.75) is 13.0 Å². The van der Waals surface area contributed by atoms with Crippen LogP contribution >= 0.6 is 15.9 Å². The summed E-state index contributed by atoms with van der Waals surface area (Å²) in [5.74, 6) is 0.691. The topological polar surface area (TPSA) is 90.7 Å². The third-order valence-electron chi connectivity index (χ3n) is 4.93. The molecule has 0 fully saturated rings. The van der Waals surface area contributed by atoms with Gasteiger partial charge in [-0.25, -0.2) is 9.78 Å². The van der Waals surface area contributed by atoms with Crippen LogP contribution in [-0.4, -0.2) is 34.8 Å². The molecule has 1 N–H and O–H groups in total. The molecule has 8 heteroatoms. The number of rotatable bonds is 4. The Morgan fingerprint density at radius 1 is 1.21 bits per heavy atom. The first-order valence-corrected chi connectivity index (χ1v) is 9.62. The summed E-state index contributed by atoms with van der Waals surface area (Å²) in [5, 5.41) is 9.64. The minimum atomic E-state index is -1.06. The summed E-state index contributed by atoms with van der Waals surface area (Å²) < 4.78 is 13.1. The summed E-state index contributed by atoms with van der Waals surface area (Å²) in [6.45, 7) is 0.522. The van der Waals surface area contributed by atoms with Crippen molar-refractivity contribution >= 4 is 44.5 Å². The lowest BCUT2D eigenvalue weighted by atomic mass is 10.1. The van der Waals surface area contributed by atoms with Crippen molar-refractivity contribution in [1.82, 2.24) is 9.55 Å². The standard InChI is InChI=1S/C21H17BrN2O5/c1-28-17-9-13(15(22)10-18(17)29-2)7-11-5-6-24-19(11)23-16-8-12(21(26)27)3-4-14(16)20(24)25/h3-4,7-10H,5-6H2,1-2H3,(H,26,27)/b11-7+. The van der Waals surface area contributed by atoms with E-state index in [1.807, 2.05) is 18.2 Å². The number of methoxy groups -OCH3 is 2. The van der Waals surface area contributed by atoms with Crippen molar-refractivity contribution < 1.29 is 19.4 Å². The van der Waals surface area contributed by atoms with Crippen LogP contribution in [0.4, 0.5) is 0 Å². The number of carboxylic acid groups (broad SMARTS) is 1. The first kappa shape index (κ1) is 19.2. The second-order valence-electron chi connectivity index (χ2n) is 6.58. The van der Waals surface area contributed by atoms with Gasteiger partial charge in [0.25, 0.3) is 5.56 Å². The fourth-order valence-corrected chi connectivity index (χ4v) is 3.89. The molecule has 0 bridgehead atoms. The molecule has 148 valence electrons. The average Bonchev–Trinajstić information content (AvgIpc) is 3.11. The number of aromatic carboxylic acids is 1. The van der Waals surface area contributed by atoms with Crippen LogP contribution in [0.1, 0.15) is 28.2 Å². The monoisotopic (exact) mass is 456 g/mol. The Hall–Kier alpha value is -3.13. The van der Waals surface area contributed by atoms with Gasteiger partial charge in [0.2, 0.25) is 0 Å². The smallest absolute Gasteiger partial charge is 0.335 e. The number of ether oxygens (including phenoxy) is 2. The summed E-state index contributed by atoms with van der Waals surface area (Å²) in [4.78, 5) is 28.7. The second kappa shape index (κ2) is 7.36. The normalized spacial score (nSPS) is 14.2. The van der Waals surface area contributed by atoms with Crippen molar-refractivity contribution in [1.29, 1.82) is 0 Å². The maximum absolute atomic E-state index is 12.9. The van der Waals surface area contributed by atoms with Gasteiger partial charge in [-0.3, -0.25) is 9.36 Å². The molecule has 4 rings (SSSR count). The molecule has 1 aromatic heterocycles. The Balaban J connectivity index is 1.87. The molecule has 0 saturated carbocycles. The molecule has 0 spiro atoms. The van der Waals surface area contributed by atoms with Gasteiger partial charge < -0.3 is 14.6 Å². The van der Waals surface area contributed by atoms with E-state index in [4.69, 9.17) is 9.47 Å². The van der Waals surface area contributed by atoms with Crippen LogP contribution in [0.15, 0.2) is 39.6 Å². The number of carboxylic acids is 1. The highest BCUT2D eigenvalue weighted by Gasteiger charge is 2.22. The zero-order valence-corrected chi connectivity index (χ0v) is 17.3. The number of fused-ring (bicyclic) bond motifs is 2. The van der Waals surface area contributed by atoms with Crippen LogP contribution in [0.3, 0.4) is 0 Å². The minimum Gasteiger partial charge on any atom is -0.493 e. The zero-order valence-electron chi connectivity index (χ0n) is 15.7. The minimum absolute atomic E-state index is 0.0977. The Morgan fingerprint density at radius 3 is 2.62 bits per heavy atom. The van der Waals surface area contributed by atoms with E-state index in [2.05, 4.69) is 20.9 Å². The van der Waals surface area contributed by atoms with E-state index in [9.17, 15) is 14.7 Å². The van der Waals surface area contributed by atoms with E-state index in [0.717, 1.165) is 15.6 Å². The lowest BCUT2D eigenvalue weighted by Crippen LogP contribution is -2.21. The fourth-order valence-electron chi connectivity index (χ4n) is 3.46. The number of benzene rings is 2. The van der Waals surface area contributed by atoms with Crippen LogP contribution < -0.4 is 15.0 Å². The largest absolute Gasteiger partial charge is 0.493 e. The van der Waals surface area contributed by atoms with Crippen LogP contribution in [0, 0.1) is 0 Å². The Kier molecular flexibility index (Phi) is 4.87. The Morgan fingerprint density at radius 2 is 1.93 bits per heavy atom. The van der Waals surface area contributed by atoms with E-state index in [-0.39, 0.29) is 11.1 Å². The summed E-state index contributed by atoms with van der Waals surface area (Å²) in [6.07, 6.45) is 2.59. The SMILES string of the molecule is COc1cc(Br)c(/C=C2\CCn3c2nc2cc(C(=O)O)ccc2c3=O)cc1OC. The molecule has 0 unspecified atom stereocenters. The zero-order chi connectivity index (χ0) is 20.7. The van der Waals surface area contributed by atoms with Crippen LogP contribution in [-0.2, 0) is 6.54 Å². The molecule has 1 aliphatic heterocycles. The molecule has 3 aromatic rings. The summed E-state index contributed by atoms with van der Waals surface area (Å²) in [7, 11) is 3.14. The molecule has 7 nitrogen and oxygen atoms in total. The highest BCUT2D eigenvalue weighted by atomic mass is 79.9. The molecule has 0 radical (unpaired) electrons. The van der Waals surface area contributed by atoms with Crippen molar-refractivity contribution in [2.24, 2.45) is 0 Å². The Labute approximate surface area is 174 Å². The van der Waals surface area contributed by atoms with E-state index >= 15 is 0 Å². The highest BCUT2D eigenvalue weighted by Crippen LogP contribution is 2.36. The number of nitrogens with zero attached hydrogens (tertiary/aromatic N) is 2.